The summed E-state index contributed by atoms with van der Waals surface area (Å²) in [7, 11) is 0. The van der Waals surface area contributed by atoms with Crippen molar-refractivity contribution in [3.8, 4) is 6.07 Å². The van der Waals surface area contributed by atoms with Crippen LogP contribution < -0.4 is 10.2 Å². The summed E-state index contributed by atoms with van der Waals surface area (Å²) < 4.78 is 0. The van der Waals surface area contributed by atoms with E-state index in [2.05, 4.69) is 15.2 Å². The van der Waals surface area contributed by atoms with Gasteiger partial charge in [0.25, 0.3) is 5.91 Å². The Balaban J connectivity index is 1.66. The lowest BCUT2D eigenvalue weighted by atomic mass is 10.1. The predicted octanol–water partition coefficient (Wildman–Crippen LogP) is 2.81. The molecule has 0 unspecified atom stereocenters. The first-order valence-electron chi connectivity index (χ1n) is 7.29. The van der Waals surface area contributed by atoms with Crippen molar-refractivity contribution in [2.45, 2.75) is 12.8 Å². The summed E-state index contributed by atoms with van der Waals surface area (Å²) in [4.78, 5) is 18.7. The highest BCUT2D eigenvalue weighted by Crippen LogP contribution is 2.20. The molecule has 0 atom stereocenters. The number of anilines is 2. The normalized spacial score (nSPS) is 13.7. The van der Waals surface area contributed by atoms with Crippen LogP contribution in [0.2, 0.25) is 0 Å². The first-order chi connectivity index (χ1) is 10.8. The van der Waals surface area contributed by atoms with E-state index >= 15 is 0 Å². The van der Waals surface area contributed by atoms with Gasteiger partial charge in [-0.25, -0.2) is 4.98 Å². The maximum absolute atomic E-state index is 12.1. The van der Waals surface area contributed by atoms with E-state index in [1.54, 1.807) is 30.5 Å². The fourth-order valence-corrected chi connectivity index (χ4v) is 2.51. The lowest BCUT2D eigenvalue weighted by molar-refractivity contribution is 0.102. The Kier molecular flexibility index (Phi) is 4.01. The quantitative estimate of drug-likeness (QED) is 0.944. The van der Waals surface area contributed by atoms with Crippen LogP contribution in [0.4, 0.5) is 11.5 Å². The Bertz CT molecular complexity index is 695. The van der Waals surface area contributed by atoms with Gasteiger partial charge >= 0.3 is 0 Å². The number of rotatable bonds is 3. The van der Waals surface area contributed by atoms with Crippen LogP contribution in [0.3, 0.4) is 0 Å². The molecule has 2 heterocycles. The van der Waals surface area contributed by atoms with Gasteiger partial charge in [-0.3, -0.25) is 4.79 Å². The van der Waals surface area contributed by atoms with Crippen molar-refractivity contribution in [3.63, 3.8) is 0 Å². The highest BCUT2D eigenvalue weighted by atomic mass is 16.1. The van der Waals surface area contributed by atoms with Gasteiger partial charge in [0.2, 0.25) is 0 Å². The summed E-state index contributed by atoms with van der Waals surface area (Å²) in [6.07, 6.45) is 4.23. The molecule has 1 aromatic carbocycles. The van der Waals surface area contributed by atoms with Crippen LogP contribution in [-0.2, 0) is 0 Å². The van der Waals surface area contributed by atoms with Gasteiger partial charge in [0.15, 0.2) is 0 Å². The summed E-state index contributed by atoms with van der Waals surface area (Å²) in [5.41, 5.74) is 2.13. The molecule has 0 spiro atoms. The predicted molar refractivity (Wildman–Crippen MR) is 84.8 cm³/mol. The Hall–Kier alpha value is -2.87. The zero-order chi connectivity index (χ0) is 15.4. The number of amides is 1. The van der Waals surface area contributed by atoms with Crippen LogP contribution in [-0.4, -0.2) is 24.0 Å². The van der Waals surface area contributed by atoms with Crippen molar-refractivity contribution in [2.24, 2.45) is 0 Å². The molecule has 1 saturated heterocycles. The minimum atomic E-state index is -0.231. The minimum Gasteiger partial charge on any atom is -0.370 e. The SMILES string of the molecule is N#Cc1ccc(C(=O)Nc2ccc(N3CCCC3)cn2)cc1. The van der Waals surface area contributed by atoms with Gasteiger partial charge in [0.1, 0.15) is 5.82 Å². The maximum atomic E-state index is 12.1. The molecule has 110 valence electrons. The number of hydrogen-bond acceptors (Lipinski definition) is 4. The number of hydrogen-bond donors (Lipinski definition) is 1. The number of aromatic nitrogens is 1. The van der Waals surface area contributed by atoms with E-state index in [1.807, 2.05) is 18.2 Å². The number of nitrogens with zero attached hydrogens (tertiary/aromatic N) is 3. The summed E-state index contributed by atoms with van der Waals surface area (Å²) in [6.45, 7) is 2.14. The minimum absolute atomic E-state index is 0.231. The van der Waals surface area contributed by atoms with Crippen LogP contribution in [0.5, 0.6) is 0 Å². The van der Waals surface area contributed by atoms with Gasteiger partial charge in [0.05, 0.1) is 23.5 Å². The van der Waals surface area contributed by atoms with Crippen molar-refractivity contribution in [1.29, 1.82) is 5.26 Å². The van der Waals surface area contributed by atoms with Crippen molar-refractivity contribution >= 4 is 17.4 Å². The highest BCUT2D eigenvalue weighted by Gasteiger charge is 2.13. The van der Waals surface area contributed by atoms with Crippen molar-refractivity contribution in [3.05, 3.63) is 53.7 Å². The van der Waals surface area contributed by atoms with Crippen LogP contribution >= 0.6 is 0 Å². The number of benzene rings is 1. The monoisotopic (exact) mass is 292 g/mol. The second-order valence-corrected chi connectivity index (χ2v) is 5.24. The second kappa shape index (κ2) is 6.27. The number of nitriles is 1. The summed E-state index contributed by atoms with van der Waals surface area (Å²) in [5.74, 6) is 0.295. The average Bonchev–Trinajstić information content (AvgIpc) is 3.10. The fraction of sp³-hybridized carbons (Fsp3) is 0.235. The zero-order valence-electron chi connectivity index (χ0n) is 12.1. The van der Waals surface area contributed by atoms with Crippen molar-refractivity contribution < 1.29 is 4.79 Å². The summed E-state index contributed by atoms with van der Waals surface area (Å²) >= 11 is 0. The van der Waals surface area contributed by atoms with E-state index in [9.17, 15) is 4.79 Å². The largest absolute Gasteiger partial charge is 0.370 e. The molecular weight excluding hydrogens is 276 g/mol. The van der Waals surface area contributed by atoms with Gasteiger partial charge in [-0.15, -0.1) is 0 Å². The van der Waals surface area contributed by atoms with E-state index in [0.29, 0.717) is 16.9 Å². The lowest BCUT2D eigenvalue weighted by Gasteiger charge is -2.17. The van der Waals surface area contributed by atoms with E-state index in [0.717, 1.165) is 18.8 Å². The Labute approximate surface area is 129 Å². The standard InChI is InChI=1S/C17H16N4O/c18-11-13-3-5-14(6-4-13)17(22)20-16-8-7-15(12-19-16)21-9-1-2-10-21/h3-8,12H,1-2,9-10H2,(H,19,20,22). The van der Waals surface area contributed by atoms with Crippen LogP contribution in [0.1, 0.15) is 28.8 Å². The molecule has 0 radical (unpaired) electrons. The molecule has 0 bridgehead atoms. The Morgan fingerprint density at radius 2 is 1.86 bits per heavy atom. The number of pyridine rings is 1. The molecule has 3 rings (SSSR count). The third kappa shape index (κ3) is 3.07. The van der Waals surface area contributed by atoms with Gasteiger partial charge < -0.3 is 10.2 Å². The molecule has 1 aliphatic heterocycles. The lowest BCUT2D eigenvalue weighted by Crippen LogP contribution is -2.18. The van der Waals surface area contributed by atoms with Gasteiger partial charge in [-0.1, -0.05) is 0 Å². The molecule has 1 amide bonds. The van der Waals surface area contributed by atoms with E-state index in [1.165, 1.54) is 12.8 Å². The highest BCUT2D eigenvalue weighted by molar-refractivity contribution is 6.03. The molecule has 22 heavy (non-hydrogen) atoms. The van der Waals surface area contributed by atoms with Crippen LogP contribution in [0.25, 0.3) is 0 Å². The van der Waals surface area contributed by atoms with Gasteiger partial charge in [0, 0.05) is 18.7 Å². The molecule has 2 aromatic rings. The summed E-state index contributed by atoms with van der Waals surface area (Å²) in [6, 6.07) is 12.3. The molecule has 0 aliphatic carbocycles. The molecule has 1 aromatic heterocycles. The average molecular weight is 292 g/mol. The summed E-state index contributed by atoms with van der Waals surface area (Å²) in [5, 5.41) is 11.5. The molecule has 1 fully saturated rings. The van der Waals surface area contributed by atoms with E-state index < -0.39 is 0 Å². The third-order valence-corrected chi connectivity index (χ3v) is 3.74. The topological polar surface area (TPSA) is 69.0 Å². The van der Waals surface area contributed by atoms with Crippen molar-refractivity contribution in [2.75, 3.05) is 23.3 Å². The molecule has 1 aliphatic rings. The number of nitrogens with one attached hydrogen (secondary N) is 1. The fourth-order valence-electron chi connectivity index (χ4n) is 2.51. The van der Waals surface area contributed by atoms with E-state index in [-0.39, 0.29) is 5.91 Å². The zero-order valence-corrected chi connectivity index (χ0v) is 12.1. The van der Waals surface area contributed by atoms with Crippen LogP contribution in [0, 0.1) is 11.3 Å². The molecular formula is C17H16N4O. The molecule has 0 saturated carbocycles. The second-order valence-electron chi connectivity index (χ2n) is 5.24. The molecule has 5 nitrogen and oxygen atoms in total. The molecule has 1 N–H and O–H groups in total. The molecule has 5 heteroatoms. The number of carbonyl (C=O) groups is 1. The Morgan fingerprint density at radius 1 is 1.14 bits per heavy atom. The van der Waals surface area contributed by atoms with E-state index in [4.69, 9.17) is 5.26 Å². The third-order valence-electron chi connectivity index (χ3n) is 3.74. The Morgan fingerprint density at radius 3 is 2.45 bits per heavy atom. The first-order valence-corrected chi connectivity index (χ1v) is 7.29. The van der Waals surface area contributed by atoms with Gasteiger partial charge in [-0.2, -0.15) is 5.26 Å². The maximum Gasteiger partial charge on any atom is 0.256 e. The van der Waals surface area contributed by atoms with Crippen LogP contribution in [0.15, 0.2) is 42.6 Å². The first kappa shape index (κ1) is 14.1. The van der Waals surface area contributed by atoms with Gasteiger partial charge in [-0.05, 0) is 49.2 Å². The number of carbonyl (C=O) groups excluding carboxylic acids is 1. The smallest absolute Gasteiger partial charge is 0.256 e. The van der Waals surface area contributed by atoms with Crippen molar-refractivity contribution in [1.82, 2.24) is 4.98 Å².